The van der Waals surface area contributed by atoms with Crippen LogP contribution in [0.25, 0.3) is 16.6 Å². The molecular formula is C17H19N9S. The van der Waals surface area contributed by atoms with Gasteiger partial charge in [-0.1, -0.05) is 23.9 Å². The first kappa shape index (κ1) is 17.4. The molecule has 10 heteroatoms. The Kier molecular flexibility index (Phi) is 4.27. The Bertz CT molecular complexity index is 1140. The van der Waals surface area contributed by atoms with Crippen molar-refractivity contribution in [3.63, 3.8) is 0 Å². The minimum atomic E-state index is -0.102. The molecule has 1 unspecified atom stereocenters. The first-order valence-electron chi connectivity index (χ1n) is 8.40. The molecule has 0 saturated carbocycles. The molecule has 4 aromatic rings. The van der Waals surface area contributed by atoms with E-state index in [1.54, 1.807) is 9.42 Å². The quantitative estimate of drug-likeness (QED) is 0.420. The van der Waals surface area contributed by atoms with E-state index in [1.165, 1.54) is 11.8 Å². The van der Waals surface area contributed by atoms with Crippen LogP contribution in [0.2, 0.25) is 0 Å². The van der Waals surface area contributed by atoms with Gasteiger partial charge < -0.3 is 10.6 Å². The first-order chi connectivity index (χ1) is 12.9. The maximum atomic E-state index is 5.86. The van der Waals surface area contributed by atoms with Gasteiger partial charge in [0.2, 0.25) is 11.9 Å². The average Bonchev–Trinajstić information content (AvgIpc) is 3.03. The first-order valence-corrected chi connectivity index (χ1v) is 9.28. The van der Waals surface area contributed by atoms with Crippen LogP contribution in [0.4, 0.5) is 11.9 Å². The summed E-state index contributed by atoms with van der Waals surface area (Å²) in [5.41, 5.74) is 7.52. The molecule has 4 rings (SSSR count). The Labute approximate surface area is 160 Å². The fourth-order valence-corrected chi connectivity index (χ4v) is 3.60. The lowest BCUT2D eigenvalue weighted by molar-refractivity contribution is 0.788. The molecule has 3 aromatic heterocycles. The van der Waals surface area contributed by atoms with E-state index in [9.17, 15) is 0 Å². The molecule has 0 aliphatic rings. The lowest BCUT2D eigenvalue weighted by atomic mass is 10.2. The van der Waals surface area contributed by atoms with Gasteiger partial charge in [0.05, 0.1) is 10.8 Å². The summed E-state index contributed by atoms with van der Waals surface area (Å²) < 4.78 is 1.77. The number of hydrogen-bond donors (Lipinski definition) is 1. The average molecular weight is 381 g/mol. The summed E-state index contributed by atoms with van der Waals surface area (Å²) in [5.74, 6) is 2.01. The zero-order valence-corrected chi connectivity index (χ0v) is 16.3. The smallest absolute Gasteiger partial charge is 0.229 e. The van der Waals surface area contributed by atoms with Crippen molar-refractivity contribution in [3.8, 4) is 0 Å². The second kappa shape index (κ2) is 6.62. The second-order valence-corrected chi connectivity index (χ2v) is 7.62. The number of anilines is 2. The van der Waals surface area contributed by atoms with Crippen LogP contribution < -0.4 is 10.6 Å². The van der Waals surface area contributed by atoms with Crippen LogP contribution in [-0.4, -0.2) is 48.6 Å². The molecule has 2 N–H and O–H groups in total. The molecule has 1 aromatic carbocycles. The fraction of sp³-hybridized carbons (Fsp3) is 0.294. The van der Waals surface area contributed by atoms with E-state index in [4.69, 9.17) is 10.7 Å². The molecule has 0 amide bonds. The lowest BCUT2D eigenvalue weighted by Gasteiger charge is -2.15. The van der Waals surface area contributed by atoms with E-state index in [-0.39, 0.29) is 11.2 Å². The Balaban J connectivity index is 1.78. The summed E-state index contributed by atoms with van der Waals surface area (Å²) in [4.78, 5) is 24.1. The number of thioether (sulfide) groups is 1. The molecule has 0 radical (unpaired) electrons. The van der Waals surface area contributed by atoms with Gasteiger partial charge >= 0.3 is 0 Å². The van der Waals surface area contributed by atoms with Crippen molar-refractivity contribution in [1.29, 1.82) is 0 Å². The molecule has 0 aliphatic carbocycles. The molecule has 0 bridgehead atoms. The van der Waals surface area contributed by atoms with Crippen LogP contribution in [0.3, 0.4) is 0 Å². The van der Waals surface area contributed by atoms with Crippen molar-refractivity contribution in [1.82, 2.24) is 34.5 Å². The van der Waals surface area contributed by atoms with E-state index >= 15 is 0 Å². The van der Waals surface area contributed by atoms with Gasteiger partial charge in [-0.25, -0.2) is 9.97 Å². The Morgan fingerprint density at radius 2 is 1.85 bits per heavy atom. The summed E-state index contributed by atoms with van der Waals surface area (Å²) in [7, 11) is 3.73. The number of rotatable bonds is 4. The molecule has 3 heterocycles. The van der Waals surface area contributed by atoms with E-state index in [0.29, 0.717) is 17.6 Å². The third-order valence-corrected chi connectivity index (χ3v) is 5.00. The Hall–Kier alpha value is -3.01. The summed E-state index contributed by atoms with van der Waals surface area (Å²) in [6.07, 6.45) is 0. The SMILES string of the molecule is Cc1nc2c3ccccc3nc(SC(C)c3nc(N)nc(N(C)C)n3)n2n1. The number of fused-ring (bicyclic) bond motifs is 3. The fourth-order valence-electron chi connectivity index (χ4n) is 2.70. The van der Waals surface area contributed by atoms with E-state index in [0.717, 1.165) is 21.7 Å². The molecule has 27 heavy (non-hydrogen) atoms. The van der Waals surface area contributed by atoms with Gasteiger partial charge in [-0.15, -0.1) is 5.10 Å². The number of para-hydroxylation sites is 1. The van der Waals surface area contributed by atoms with Crippen LogP contribution in [-0.2, 0) is 0 Å². The number of nitrogen functional groups attached to an aromatic ring is 1. The van der Waals surface area contributed by atoms with Crippen LogP contribution in [0.5, 0.6) is 0 Å². The number of aryl methyl sites for hydroxylation is 1. The molecule has 0 saturated heterocycles. The normalized spacial score (nSPS) is 12.6. The van der Waals surface area contributed by atoms with Crippen LogP contribution in [0.1, 0.15) is 23.8 Å². The minimum absolute atomic E-state index is 0.102. The molecule has 9 nitrogen and oxygen atoms in total. The predicted molar refractivity (Wildman–Crippen MR) is 106 cm³/mol. The van der Waals surface area contributed by atoms with Gasteiger partial charge in [-0.2, -0.15) is 19.5 Å². The molecule has 0 aliphatic heterocycles. The van der Waals surface area contributed by atoms with Crippen LogP contribution in [0.15, 0.2) is 29.4 Å². The lowest BCUT2D eigenvalue weighted by Crippen LogP contribution is -2.16. The number of hydrogen-bond acceptors (Lipinski definition) is 9. The van der Waals surface area contributed by atoms with Crippen molar-refractivity contribution in [2.45, 2.75) is 24.3 Å². The molecule has 138 valence electrons. The largest absolute Gasteiger partial charge is 0.368 e. The second-order valence-electron chi connectivity index (χ2n) is 6.31. The maximum absolute atomic E-state index is 5.86. The monoisotopic (exact) mass is 381 g/mol. The van der Waals surface area contributed by atoms with Crippen molar-refractivity contribution >= 4 is 40.2 Å². The third kappa shape index (κ3) is 3.23. The van der Waals surface area contributed by atoms with Gasteiger partial charge in [0, 0.05) is 19.5 Å². The number of nitrogens with two attached hydrogens (primary N) is 1. The number of benzene rings is 1. The van der Waals surface area contributed by atoms with Gasteiger partial charge in [-0.05, 0) is 26.0 Å². The summed E-state index contributed by atoms with van der Waals surface area (Å²) in [6.45, 7) is 3.88. The highest BCUT2D eigenvalue weighted by Gasteiger charge is 2.19. The van der Waals surface area contributed by atoms with E-state index in [2.05, 4.69) is 25.0 Å². The maximum Gasteiger partial charge on any atom is 0.229 e. The van der Waals surface area contributed by atoms with Crippen LogP contribution in [0, 0.1) is 6.92 Å². The molecule has 1 atom stereocenters. The predicted octanol–water partition coefficient (Wildman–Crippen LogP) is 2.27. The van der Waals surface area contributed by atoms with Crippen molar-refractivity contribution in [2.75, 3.05) is 24.7 Å². The number of nitrogens with zero attached hydrogens (tertiary/aromatic N) is 8. The van der Waals surface area contributed by atoms with Gasteiger partial charge in [0.15, 0.2) is 10.8 Å². The Morgan fingerprint density at radius 3 is 2.63 bits per heavy atom. The van der Waals surface area contributed by atoms with Gasteiger partial charge in [0.25, 0.3) is 0 Å². The summed E-state index contributed by atoms with van der Waals surface area (Å²) >= 11 is 1.51. The zero-order valence-electron chi connectivity index (χ0n) is 15.5. The van der Waals surface area contributed by atoms with Crippen molar-refractivity contribution < 1.29 is 0 Å². The summed E-state index contributed by atoms with van der Waals surface area (Å²) in [6, 6.07) is 7.90. The molecular weight excluding hydrogens is 362 g/mol. The van der Waals surface area contributed by atoms with E-state index < -0.39 is 0 Å². The van der Waals surface area contributed by atoms with Crippen molar-refractivity contribution in [3.05, 3.63) is 35.9 Å². The Morgan fingerprint density at radius 1 is 1.07 bits per heavy atom. The number of aromatic nitrogens is 7. The third-order valence-electron chi connectivity index (χ3n) is 3.96. The highest BCUT2D eigenvalue weighted by Crippen LogP contribution is 2.34. The molecule has 0 spiro atoms. The van der Waals surface area contributed by atoms with E-state index in [1.807, 2.05) is 52.2 Å². The highest BCUT2D eigenvalue weighted by atomic mass is 32.2. The topological polar surface area (TPSA) is 111 Å². The zero-order chi connectivity index (χ0) is 19.1. The van der Waals surface area contributed by atoms with Crippen LogP contribution >= 0.6 is 11.8 Å². The van der Waals surface area contributed by atoms with Gasteiger partial charge in [-0.3, -0.25) is 0 Å². The minimum Gasteiger partial charge on any atom is -0.368 e. The van der Waals surface area contributed by atoms with Gasteiger partial charge in [0.1, 0.15) is 11.6 Å². The standard InChI is InChI=1S/C17H19N9S/c1-9(13-21-15(18)23-16(22-13)25(3)4)27-17-20-12-8-6-5-7-11(12)14-19-10(2)24-26(14)17/h5-9H,1-4H3,(H2,18,21,22,23). The highest BCUT2D eigenvalue weighted by molar-refractivity contribution is 7.99. The molecule has 0 fully saturated rings. The summed E-state index contributed by atoms with van der Waals surface area (Å²) in [5, 5.41) is 6.10. The van der Waals surface area contributed by atoms with Crippen molar-refractivity contribution in [2.24, 2.45) is 0 Å².